The Balaban J connectivity index is 2.31. The molecule has 6 heteroatoms. The first-order valence-corrected chi connectivity index (χ1v) is 4.76. The summed E-state index contributed by atoms with van der Waals surface area (Å²) in [6.07, 6.45) is 2.00. The van der Waals surface area contributed by atoms with Crippen LogP contribution in [-0.2, 0) is 23.1 Å². The average molecular weight is 212 g/mol. The molecule has 0 spiro atoms. The van der Waals surface area contributed by atoms with Crippen LogP contribution < -0.4 is 5.32 Å². The molecule has 0 aliphatic heterocycles. The molecule has 1 N–H and O–H groups in total. The van der Waals surface area contributed by atoms with Crippen LogP contribution in [0, 0.1) is 0 Å². The Bertz CT molecular complexity index is 324. The number of aryl methyl sites for hydroxylation is 1. The Morgan fingerprint density at radius 1 is 1.73 bits per heavy atom. The van der Waals surface area contributed by atoms with Crippen molar-refractivity contribution in [3.63, 3.8) is 0 Å². The highest BCUT2D eigenvalue weighted by Gasteiger charge is 2.09. The molecule has 0 aliphatic rings. The normalized spacial score (nSPS) is 12.5. The molecule has 0 aromatic carbocycles. The molecule has 1 heterocycles. The lowest BCUT2D eigenvalue weighted by atomic mass is 10.2. The van der Waals surface area contributed by atoms with Crippen LogP contribution in [0.5, 0.6) is 0 Å². The number of carbonyl (C=O) groups is 1. The Morgan fingerprint density at radius 2 is 2.47 bits per heavy atom. The quantitative estimate of drug-likeness (QED) is 0.688. The van der Waals surface area contributed by atoms with Crippen molar-refractivity contribution in [3.05, 3.63) is 12.2 Å². The van der Waals surface area contributed by atoms with Crippen molar-refractivity contribution in [2.75, 3.05) is 7.11 Å². The summed E-state index contributed by atoms with van der Waals surface area (Å²) in [6, 6.07) is 0.0640. The van der Waals surface area contributed by atoms with Crippen molar-refractivity contribution < 1.29 is 9.53 Å². The third-order valence-electron chi connectivity index (χ3n) is 2.11. The number of carbonyl (C=O) groups excluding carboxylic acids is 1. The van der Waals surface area contributed by atoms with E-state index in [2.05, 4.69) is 20.3 Å². The summed E-state index contributed by atoms with van der Waals surface area (Å²) < 4.78 is 6.40. The summed E-state index contributed by atoms with van der Waals surface area (Å²) in [5.74, 6) is 0.625. The molecular weight excluding hydrogens is 196 g/mol. The van der Waals surface area contributed by atoms with Gasteiger partial charge in [0.15, 0.2) is 0 Å². The zero-order valence-corrected chi connectivity index (χ0v) is 9.23. The molecule has 1 unspecified atom stereocenters. The molecule has 0 radical (unpaired) electrons. The van der Waals surface area contributed by atoms with Gasteiger partial charge in [-0.1, -0.05) is 0 Å². The van der Waals surface area contributed by atoms with Crippen LogP contribution in [0.4, 0.5) is 0 Å². The number of aromatic nitrogens is 3. The van der Waals surface area contributed by atoms with E-state index in [1.807, 2.05) is 18.5 Å². The Labute approximate surface area is 88.6 Å². The number of rotatable bonds is 5. The maximum atomic E-state index is 11.0. The van der Waals surface area contributed by atoms with Crippen molar-refractivity contribution >= 4 is 5.97 Å². The molecule has 15 heavy (non-hydrogen) atoms. The van der Waals surface area contributed by atoms with Gasteiger partial charge in [-0.05, 0) is 6.92 Å². The van der Waals surface area contributed by atoms with Gasteiger partial charge in [-0.3, -0.25) is 4.79 Å². The molecule has 0 aliphatic carbocycles. The number of nitrogens with one attached hydrogen (secondary N) is 1. The van der Waals surface area contributed by atoms with Gasteiger partial charge in [-0.15, -0.1) is 10.2 Å². The Morgan fingerprint density at radius 3 is 3.00 bits per heavy atom. The molecule has 0 saturated carbocycles. The van der Waals surface area contributed by atoms with Gasteiger partial charge in [0.1, 0.15) is 12.2 Å². The van der Waals surface area contributed by atoms with Gasteiger partial charge in [0.05, 0.1) is 20.1 Å². The number of hydrogen-bond acceptors (Lipinski definition) is 5. The van der Waals surface area contributed by atoms with E-state index in [0.29, 0.717) is 13.0 Å². The summed E-state index contributed by atoms with van der Waals surface area (Å²) in [5, 5.41) is 10.8. The van der Waals surface area contributed by atoms with Crippen molar-refractivity contribution in [1.29, 1.82) is 0 Å². The molecular formula is C9H16N4O2. The average Bonchev–Trinajstić information content (AvgIpc) is 2.61. The predicted octanol–water partition coefficient (Wildman–Crippen LogP) is -0.144. The third-order valence-corrected chi connectivity index (χ3v) is 2.11. The molecule has 0 saturated heterocycles. The van der Waals surface area contributed by atoms with Crippen LogP contribution in [0.2, 0.25) is 0 Å². The SMILES string of the molecule is COC(=O)CC(C)NCc1nncn1C. The summed E-state index contributed by atoms with van der Waals surface area (Å²) in [4.78, 5) is 11.0. The van der Waals surface area contributed by atoms with Gasteiger partial charge in [-0.2, -0.15) is 0 Å². The van der Waals surface area contributed by atoms with Crippen LogP contribution in [0.1, 0.15) is 19.2 Å². The van der Waals surface area contributed by atoms with Crippen LogP contribution in [0.3, 0.4) is 0 Å². The van der Waals surface area contributed by atoms with Gasteiger partial charge in [-0.25, -0.2) is 0 Å². The molecule has 0 fully saturated rings. The van der Waals surface area contributed by atoms with Crippen molar-refractivity contribution in [2.24, 2.45) is 7.05 Å². The minimum absolute atomic E-state index is 0.0640. The Kier molecular flexibility index (Phi) is 4.23. The number of hydrogen-bond donors (Lipinski definition) is 1. The maximum Gasteiger partial charge on any atom is 0.307 e. The molecule has 1 aromatic rings. The standard InChI is InChI=1S/C9H16N4O2/c1-7(4-9(14)15-3)10-5-8-12-11-6-13(8)2/h6-7,10H,4-5H2,1-3H3. The molecule has 0 amide bonds. The summed E-state index contributed by atoms with van der Waals surface area (Å²) in [6.45, 7) is 2.52. The molecule has 1 atom stereocenters. The van der Waals surface area contributed by atoms with Crippen LogP contribution in [0.15, 0.2) is 6.33 Å². The minimum Gasteiger partial charge on any atom is -0.469 e. The second-order valence-corrected chi connectivity index (χ2v) is 3.42. The van der Waals surface area contributed by atoms with Gasteiger partial charge < -0.3 is 14.6 Å². The van der Waals surface area contributed by atoms with Gasteiger partial charge in [0.2, 0.25) is 0 Å². The zero-order valence-electron chi connectivity index (χ0n) is 9.23. The van der Waals surface area contributed by atoms with Crippen molar-refractivity contribution in [1.82, 2.24) is 20.1 Å². The Hall–Kier alpha value is -1.43. The van der Waals surface area contributed by atoms with Gasteiger partial charge in [0, 0.05) is 13.1 Å². The molecule has 1 rings (SSSR count). The lowest BCUT2D eigenvalue weighted by molar-refractivity contribution is -0.141. The van der Waals surface area contributed by atoms with Crippen molar-refractivity contribution in [2.45, 2.75) is 25.9 Å². The maximum absolute atomic E-state index is 11.0. The monoisotopic (exact) mass is 212 g/mol. The molecule has 0 bridgehead atoms. The van der Waals surface area contributed by atoms with Crippen LogP contribution in [-0.4, -0.2) is 33.9 Å². The largest absolute Gasteiger partial charge is 0.469 e. The summed E-state index contributed by atoms with van der Waals surface area (Å²) in [5.41, 5.74) is 0. The summed E-state index contributed by atoms with van der Waals surface area (Å²) in [7, 11) is 3.26. The fourth-order valence-electron chi connectivity index (χ4n) is 1.14. The first kappa shape index (κ1) is 11.6. The second-order valence-electron chi connectivity index (χ2n) is 3.42. The van der Waals surface area contributed by atoms with Gasteiger partial charge >= 0.3 is 5.97 Å². The highest BCUT2D eigenvalue weighted by Crippen LogP contribution is 1.96. The number of nitrogens with zero attached hydrogens (tertiary/aromatic N) is 3. The highest BCUT2D eigenvalue weighted by molar-refractivity contribution is 5.69. The second kappa shape index (κ2) is 5.45. The lowest BCUT2D eigenvalue weighted by Gasteiger charge is -2.11. The molecule has 84 valence electrons. The molecule has 1 aromatic heterocycles. The fraction of sp³-hybridized carbons (Fsp3) is 0.667. The van der Waals surface area contributed by atoms with E-state index in [4.69, 9.17) is 0 Å². The predicted molar refractivity (Wildman–Crippen MR) is 53.9 cm³/mol. The lowest BCUT2D eigenvalue weighted by Crippen LogP contribution is -2.29. The molecule has 6 nitrogen and oxygen atoms in total. The first-order chi connectivity index (χ1) is 7.13. The highest BCUT2D eigenvalue weighted by atomic mass is 16.5. The third kappa shape index (κ3) is 3.67. The number of methoxy groups -OCH3 is 1. The zero-order chi connectivity index (χ0) is 11.3. The van der Waals surface area contributed by atoms with E-state index in [0.717, 1.165) is 5.82 Å². The van der Waals surface area contributed by atoms with E-state index < -0.39 is 0 Å². The number of ether oxygens (including phenoxy) is 1. The van der Waals surface area contributed by atoms with E-state index in [-0.39, 0.29) is 12.0 Å². The van der Waals surface area contributed by atoms with E-state index >= 15 is 0 Å². The topological polar surface area (TPSA) is 69.0 Å². The van der Waals surface area contributed by atoms with E-state index in [1.54, 1.807) is 6.33 Å². The fourth-order valence-corrected chi connectivity index (χ4v) is 1.14. The van der Waals surface area contributed by atoms with Crippen LogP contribution in [0.25, 0.3) is 0 Å². The number of esters is 1. The van der Waals surface area contributed by atoms with E-state index in [9.17, 15) is 4.79 Å². The first-order valence-electron chi connectivity index (χ1n) is 4.76. The van der Waals surface area contributed by atoms with E-state index in [1.165, 1.54) is 7.11 Å². The minimum atomic E-state index is -0.215. The van der Waals surface area contributed by atoms with Crippen molar-refractivity contribution in [3.8, 4) is 0 Å². The smallest absolute Gasteiger partial charge is 0.307 e. The van der Waals surface area contributed by atoms with Crippen LogP contribution >= 0.6 is 0 Å². The summed E-state index contributed by atoms with van der Waals surface area (Å²) >= 11 is 0. The van der Waals surface area contributed by atoms with Gasteiger partial charge in [0.25, 0.3) is 0 Å².